The Morgan fingerprint density at radius 1 is 1.43 bits per heavy atom. The predicted octanol–water partition coefficient (Wildman–Crippen LogP) is 2.72. The van der Waals surface area contributed by atoms with Gasteiger partial charge in [-0.1, -0.05) is 23.4 Å². The highest BCUT2D eigenvalue weighted by molar-refractivity contribution is 7.99. The van der Waals surface area contributed by atoms with Crippen LogP contribution in [0.25, 0.3) is 0 Å². The summed E-state index contributed by atoms with van der Waals surface area (Å²) >= 11 is 7.17. The Balaban J connectivity index is 2.08. The van der Waals surface area contributed by atoms with Crippen molar-refractivity contribution in [2.75, 3.05) is 12.9 Å². The van der Waals surface area contributed by atoms with Crippen molar-refractivity contribution in [3.05, 3.63) is 50.9 Å². The van der Waals surface area contributed by atoms with E-state index in [2.05, 4.69) is 9.97 Å². The van der Waals surface area contributed by atoms with Gasteiger partial charge in [-0.2, -0.15) is 0 Å². The zero-order valence-corrected chi connectivity index (χ0v) is 13.0. The van der Waals surface area contributed by atoms with Crippen molar-refractivity contribution in [3.63, 3.8) is 0 Å². The monoisotopic (exact) mass is 324 g/mol. The summed E-state index contributed by atoms with van der Waals surface area (Å²) in [5.41, 5.74) is 0.870. The van der Waals surface area contributed by atoms with Crippen LogP contribution in [0.4, 0.5) is 0 Å². The summed E-state index contributed by atoms with van der Waals surface area (Å²) in [6, 6.07) is 6.26. The third kappa shape index (κ3) is 4.09. The van der Waals surface area contributed by atoms with Crippen molar-refractivity contribution in [1.29, 1.82) is 0 Å². The molecule has 0 amide bonds. The zero-order chi connectivity index (χ0) is 15.4. The van der Waals surface area contributed by atoms with Crippen LogP contribution < -0.4 is 10.3 Å². The molecule has 0 aliphatic carbocycles. The number of carbonyl (C=O) groups is 1. The fraction of sp³-hybridized carbons (Fsp3) is 0.214. The molecule has 2 rings (SSSR count). The summed E-state index contributed by atoms with van der Waals surface area (Å²) in [5.74, 6) is 0.578. The number of methoxy groups -OCH3 is 1. The second kappa shape index (κ2) is 6.78. The zero-order valence-electron chi connectivity index (χ0n) is 11.5. The van der Waals surface area contributed by atoms with Crippen LogP contribution in [-0.4, -0.2) is 28.6 Å². The van der Waals surface area contributed by atoms with Crippen LogP contribution in [0, 0.1) is 6.92 Å². The molecule has 0 bridgehead atoms. The number of rotatable bonds is 5. The summed E-state index contributed by atoms with van der Waals surface area (Å²) in [5, 5.41) is 0.809. The average molecular weight is 325 g/mol. The molecule has 1 N–H and O–H groups in total. The number of thioether (sulfide) groups is 1. The maximum atomic E-state index is 12.1. The molecule has 1 aromatic heterocycles. The number of ether oxygens (including phenoxy) is 1. The highest BCUT2D eigenvalue weighted by Crippen LogP contribution is 2.25. The summed E-state index contributed by atoms with van der Waals surface area (Å²) in [6.07, 6.45) is 0. The number of halogens is 1. The van der Waals surface area contributed by atoms with Gasteiger partial charge in [0.1, 0.15) is 5.75 Å². The number of aryl methyl sites for hydroxylation is 1. The fourth-order valence-corrected chi connectivity index (χ4v) is 2.75. The number of H-pyrrole nitrogens is 1. The lowest BCUT2D eigenvalue weighted by Crippen LogP contribution is -2.10. The van der Waals surface area contributed by atoms with Gasteiger partial charge in [0.05, 0.1) is 17.9 Å². The van der Waals surface area contributed by atoms with E-state index in [9.17, 15) is 9.59 Å². The third-order valence-corrected chi connectivity index (χ3v) is 3.83. The van der Waals surface area contributed by atoms with Crippen molar-refractivity contribution in [3.8, 4) is 5.75 Å². The number of nitrogens with one attached hydrogen (secondary N) is 1. The summed E-state index contributed by atoms with van der Waals surface area (Å²) < 4.78 is 5.04. The summed E-state index contributed by atoms with van der Waals surface area (Å²) in [7, 11) is 1.51. The first-order valence-corrected chi connectivity index (χ1v) is 7.43. The van der Waals surface area contributed by atoms with Crippen LogP contribution in [0.5, 0.6) is 5.75 Å². The van der Waals surface area contributed by atoms with Gasteiger partial charge in [0.15, 0.2) is 10.9 Å². The van der Waals surface area contributed by atoms with Gasteiger partial charge in [0.25, 0.3) is 5.56 Å². The quantitative estimate of drug-likeness (QED) is 0.520. The molecule has 0 aliphatic rings. The smallest absolute Gasteiger partial charge is 0.251 e. The number of ketones is 1. The summed E-state index contributed by atoms with van der Waals surface area (Å²) in [6.45, 7) is 1.73. The van der Waals surface area contributed by atoms with Gasteiger partial charge in [-0.05, 0) is 25.1 Å². The molecular weight excluding hydrogens is 312 g/mol. The number of benzene rings is 1. The lowest BCUT2D eigenvalue weighted by Gasteiger charge is -2.05. The van der Waals surface area contributed by atoms with E-state index in [0.717, 1.165) is 0 Å². The van der Waals surface area contributed by atoms with E-state index >= 15 is 0 Å². The van der Waals surface area contributed by atoms with Crippen molar-refractivity contribution < 1.29 is 9.53 Å². The highest BCUT2D eigenvalue weighted by atomic mass is 35.5. The Morgan fingerprint density at radius 3 is 2.81 bits per heavy atom. The number of nitrogens with zero attached hydrogens (tertiary/aromatic N) is 1. The second-order valence-electron chi connectivity index (χ2n) is 4.25. The van der Waals surface area contributed by atoms with Gasteiger partial charge in [0, 0.05) is 17.3 Å². The molecule has 0 saturated heterocycles. The Labute approximate surface area is 130 Å². The van der Waals surface area contributed by atoms with E-state index in [-0.39, 0.29) is 17.1 Å². The standard InChI is InChI=1S/C14H13ClN2O3S/c1-8-5-13(19)17-14(16-8)21-7-11(18)9-3-4-12(20-2)10(15)6-9/h3-6H,7H2,1-2H3,(H,16,17,19). The van der Waals surface area contributed by atoms with Gasteiger partial charge in [-0.15, -0.1) is 0 Å². The Morgan fingerprint density at radius 2 is 2.19 bits per heavy atom. The Hall–Kier alpha value is -1.79. The van der Waals surface area contributed by atoms with Crippen LogP contribution >= 0.6 is 23.4 Å². The van der Waals surface area contributed by atoms with E-state index in [1.165, 1.54) is 24.9 Å². The molecule has 7 heteroatoms. The van der Waals surface area contributed by atoms with Gasteiger partial charge in [-0.25, -0.2) is 4.98 Å². The number of hydrogen-bond donors (Lipinski definition) is 1. The first-order chi connectivity index (χ1) is 9.99. The molecule has 1 aromatic carbocycles. The van der Waals surface area contributed by atoms with E-state index < -0.39 is 0 Å². The molecule has 0 unspecified atom stereocenters. The molecule has 21 heavy (non-hydrogen) atoms. The van der Waals surface area contributed by atoms with Crippen LogP contribution in [0.2, 0.25) is 5.02 Å². The van der Waals surface area contributed by atoms with Crippen LogP contribution in [0.15, 0.2) is 34.2 Å². The first kappa shape index (κ1) is 15.6. The predicted molar refractivity (Wildman–Crippen MR) is 82.7 cm³/mol. The maximum Gasteiger partial charge on any atom is 0.251 e. The molecule has 110 valence electrons. The molecule has 1 heterocycles. The van der Waals surface area contributed by atoms with Gasteiger partial charge in [0.2, 0.25) is 0 Å². The van der Waals surface area contributed by atoms with E-state index in [0.29, 0.717) is 27.2 Å². The topological polar surface area (TPSA) is 72.0 Å². The minimum absolute atomic E-state index is 0.103. The number of aromatic nitrogens is 2. The average Bonchev–Trinajstić information content (AvgIpc) is 2.43. The minimum Gasteiger partial charge on any atom is -0.495 e. The van der Waals surface area contributed by atoms with Gasteiger partial charge < -0.3 is 9.72 Å². The first-order valence-electron chi connectivity index (χ1n) is 6.07. The molecular formula is C14H13ClN2O3S. The lowest BCUT2D eigenvalue weighted by molar-refractivity contribution is 0.102. The maximum absolute atomic E-state index is 12.1. The van der Waals surface area contributed by atoms with E-state index in [1.54, 1.807) is 25.1 Å². The normalized spacial score (nSPS) is 10.4. The molecule has 0 saturated carbocycles. The second-order valence-corrected chi connectivity index (χ2v) is 5.62. The van der Waals surface area contributed by atoms with Crippen molar-refractivity contribution in [1.82, 2.24) is 9.97 Å². The van der Waals surface area contributed by atoms with Crippen LogP contribution in [-0.2, 0) is 0 Å². The third-order valence-electron chi connectivity index (χ3n) is 2.66. The summed E-state index contributed by atoms with van der Waals surface area (Å²) in [4.78, 5) is 30.2. The number of Topliss-reactive ketones (excluding diaryl/α,β-unsaturated/α-hetero) is 1. The number of aromatic amines is 1. The largest absolute Gasteiger partial charge is 0.495 e. The van der Waals surface area contributed by atoms with Gasteiger partial charge >= 0.3 is 0 Å². The van der Waals surface area contributed by atoms with Gasteiger partial charge in [-0.3, -0.25) is 9.59 Å². The van der Waals surface area contributed by atoms with E-state index in [1.807, 2.05) is 0 Å². The molecule has 0 atom stereocenters. The van der Waals surface area contributed by atoms with Crippen molar-refractivity contribution in [2.45, 2.75) is 12.1 Å². The highest BCUT2D eigenvalue weighted by Gasteiger charge is 2.11. The fourth-order valence-electron chi connectivity index (χ4n) is 1.68. The van der Waals surface area contributed by atoms with E-state index in [4.69, 9.17) is 16.3 Å². The Kier molecular flexibility index (Phi) is 5.03. The molecule has 0 radical (unpaired) electrons. The van der Waals surface area contributed by atoms with Crippen molar-refractivity contribution >= 4 is 29.1 Å². The van der Waals surface area contributed by atoms with Crippen LogP contribution in [0.1, 0.15) is 16.1 Å². The SMILES string of the molecule is COc1ccc(C(=O)CSc2nc(C)cc(=O)[nH]2)cc1Cl. The van der Waals surface area contributed by atoms with Crippen LogP contribution in [0.3, 0.4) is 0 Å². The molecule has 0 fully saturated rings. The lowest BCUT2D eigenvalue weighted by atomic mass is 10.1. The Bertz CT molecular complexity index is 730. The molecule has 5 nitrogen and oxygen atoms in total. The number of carbonyl (C=O) groups excluding carboxylic acids is 1. The molecule has 2 aromatic rings. The van der Waals surface area contributed by atoms with Crippen molar-refractivity contribution in [2.24, 2.45) is 0 Å². The molecule has 0 spiro atoms. The minimum atomic E-state index is -0.232. The molecule has 0 aliphatic heterocycles. The number of hydrogen-bond acceptors (Lipinski definition) is 5.